The summed E-state index contributed by atoms with van der Waals surface area (Å²) in [7, 11) is 1.99. The molecular formula is C14H18N4O2. The number of H-pyrrole nitrogens is 1. The van der Waals surface area contributed by atoms with Crippen molar-refractivity contribution in [3.8, 4) is 0 Å². The fraction of sp³-hybridized carbons (Fsp3) is 0.286. The third kappa shape index (κ3) is 3.28. The molecule has 0 aliphatic carbocycles. The molecular weight excluding hydrogens is 256 g/mol. The third-order valence-electron chi connectivity index (χ3n) is 3.14. The zero-order valence-electron chi connectivity index (χ0n) is 11.4. The first-order valence-electron chi connectivity index (χ1n) is 6.44. The van der Waals surface area contributed by atoms with E-state index in [1.165, 1.54) is 10.6 Å². The minimum atomic E-state index is -0.467. The molecule has 0 bridgehead atoms. The molecule has 0 atom stereocenters. The van der Waals surface area contributed by atoms with Crippen molar-refractivity contribution >= 4 is 11.5 Å². The second-order valence-corrected chi connectivity index (χ2v) is 4.63. The molecule has 0 fully saturated rings. The van der Waals surface area contributed by atoms with E-state index in [4.69, 9.17) is 5.73 Å². The molecule has 0 saturated heterocycles. The second kappa shape index (κ2) is 6.10. The van der Waals surface area contributed by atoms with Gasteiger partial charge in [-0.05, 0) is 18.6 Å². The van der Waals surface area contributed by atoms with Crippen LogP contribution < -0.4 is 21.9 Å². The summed E-state index contributed by atoms with van der Waals surface area (Å²) in [6.45, 7) is 1.26. The van der Waals surface area contributed by atoms with E-state index in [2.05, 4.69) is 9.88 Å². The largest absolute Gasteiger partial charge is 0.385 e. The van der Waals surface area contributed by atoms with Crippen LogP contribution in [-0.4, -0.2) is 23.1 Å². The highest BCUT2D eigenvalue weighted by molar-refractivity contribution is 5.44. The lowest BCUT2D eigenvalue weighted by Crippen LogP contribution is -2.32. The molecule has 20 heavy (non-hydrogen) atoms. The number of nitrogens with one attached hydrogen (secondary N) is 1. The fourth-order valence-electron chi connectivity index (χ4n) is 2.05. The van der Waals surface area contributed by atoms with E-state index in [0.717, 1.165) is 18.7 Å². The van der Waals surface area contributed by atoms with Gasteiger partial charge in [-0.1, -0.05) is 18.2 Å². The Labute approximate surface area is 116 Å². The monoisotopic (exact) mass is 274 g/mol. The molecule has 2 aromatic rings. The molecule has 0 aliphatic heterocycles. The Hall–Kier alpha value is -2.50. The number of para-hydroxylation sites is 1. The van der Waals surface area contributed by atoms with Crippen LogP contribution in [0.1, 0.15) is 6.42 Å². The highest BCUT2D eigenvalue weighted by Crippen LogP contribution is 2.11. The van der Waals surface area contributed by atoms with Crippen LogP contribution in [0.2, 0.25) is 0 Å². The molecule has 0 saturated carbocycles. The molecule has 6 heteroatoms. The van der Waals surface area contributed by atoms with Gasteiger partial charge in [-0.15, -0.1) is 0 Å². The first-order valence-corrected chi connectivity index (χ1v) is 6.44. The summed E-state index contributed by atoms with van der Waals surface area (Å²) in [5.74, 6) is 0.195. The Balaban J connectivity index is 1.97. The zero-order valence-corrected chi connectivity index (χ0v) is 11.4. The minimum absolute atomic E-state index is 0.195. The van der Waals surface area contributed by atoms with Gasteiger partial charge in [0, 0.05) is 31.9 Å². The molecule has 0 radical (unpaired) electrons. The number of anilines is 2. The number of benzene rings is 1. The van der Waals surface area contributed by atoms with Crippen LogP contribution in [0.3, 0.4) is 0 Å². The van der Waals surface area contributed by atoms with Crippen LogP contribution in [0.15, 0.2) is 46.0 Å². The van der Waals surface area contributed by atoms with Crippen molar-refractivity contribution in [3.63, 3.8) is 0 Å². The van der Waals surface area contributed by atoms with Gasteiger partial charge in [0.2, 0.25) is 0 Å². The quantitative estimate of drug-likeness (QED) is 0.838. The number of aromatic amines is 1. The van der Waals surface area contributed by atoms with Crippen LogP contribution in [0.25, 0.3) is 0 Å². The van der Waals surface area contributed by atoms with E-state index in [0.29, 0.717) is 6.54 Å². The number of aromatic nitrogens is 2. The van der Waals surface area contributed by atoms with Crippen molar-refractivity contribution in [1.29, 1.82) is 0 Å². The van der Waals surface area contributed by atoms with Gasteiger partial charge in [0.1, 0.15) is 5.82 Å². The number of nitrogens with two attached hydrogens (primary N) is 1. The summed E-state index contributed by atoms with van der Waals surface area (Å²) in [6, 6.07) is 11.2. The number of hydrogen-bond donors (Lipinski definition) is 2. The van der Waals surface area contributed by atoms with Crippen molar-refractivity contribution in [2.45, 2.75) is 13.0 Å². The maximum Gasteiger partial charge on any atom is 0.329 e. The van der Waals surface area contributed by atoms with Crippen LogP contribution in [0.5, 0.6) is 0 Å². The van der Waals surface area contributed by atoms with E-state index >= 15 is 0 Å². The van der Waals surface area contributed by atoms with Crippen molar-refractivity contribution in [3.05, 3.63) is 57.2 Å². The number of nitrogens with zero attached hydrogens (tertiary/aromatic N) is 2. The van der Waals surface area contributed by atoms with Crippen molar-refractivity contribution in [2.75, 3.05) is 24.2 Å². The van der Waals surface area contributed by atoms with E-state index < -0.39 is 11.2 Å². The molecule has 0 aliphatic rings. The standard InChI is InChI=1S/C14H18N4O2/c1-17(11-6-3-2-4-7-11)8-5-9-18-12(15)10-13(19)16-14(18)20/h2-4,6-7,10H,5,8-9,15H2,1H3,(H,16,19,20). The SMILES string of the molecule is CN(CCCn1c(N)cc(=O)[nH]c1=O)c1ccccc1. The highest BCUT2D eigenvalue weighted by Gasteiger charge is 2.04. The average molecular weight is 274 g/mol. The summed E-state index contributed by atoms with van der Waals surface area (Å²) >= 11 is 0. The predicted octanol–water partition coefficient (Wildman–Crippen LogP) is 0.645. The summed E-state index contributed by atoms with van der Waals surface area (Å²) in [4.78, 5) is 27.0. The molecule has 1 heterocycles. The third-order valence-corrected chi connectivity index (χ3v) is 3.14. The Morgan fingerprint density at radius 1 is 1.25 bits per heavy atom. The van der Waals surface area contributed by atoms with Crippen LogP contribution in [0, 0.1) is 0 Å². The molecule has 0 amide bonds. The van der Waals surface area contributed by atoms with Crippen molar-refractivity contribution in [2.24, 2.45) is 0 Å². The number of nitrogen functional groups attached to an aromatic ring is 1. The van der Waals surface area contributed by atoms with Crippen LogP contribution in [0.4, 0.5) is 11.5 Å². The topological polar surface area (TPSA) is 84.1 Å². The number of rotatable bonds is 5. The van der Waals surface area contributed by atoms with Crippen molar-refractivity contribution < 1.29 is 0 Å². The van der Waals surface area contributed by atoms with E-state index in [1.54, 1.807) is 0 Å². The Bertz CT molecular complexity index is 676. The summed E-state index contributed by atoms with van der Waals surface area (Å²) < 4.78 is 1.38. The first kappa shape index (κ1) is 13.9. The lowest BCUT2D eigenvalue weighted by molar-refractivity contribution is 0.611. The van der Waals surface area contributed by atoms with E-state index in [9.17, 15) is 9.59 Å². The number of hydrogen-bond acceptors (Lipinski definition) is 4. The second-order valence-electron chi connectivity index (χ2n) is 4.63. The molecule has 0 spiro atoms. The van der Waals surface area contributed by atoms with Gasteiger partial charge in [0.15, 0.2) is 0 Å². The van der Waals surface area contributed by atoms with Crippen LogP contribution >= 0.6 is 0 Å². The van der Waals surface area contributed by atoms with Gasteiger partial charge in [0.05, 0.1) is 0 Å². The Morgan fingerprint density at radius 3 is 2.60 bits per heavy atom. The fourth-order valence-corrected chi connectivity index (χ4v) is 2.05. The van der Waals surface area contributed by atoms with E-state index in [1.807, 2.05) is 37.4 Å². The lowest BCUT2D eigenvalue weighted by Gasteiger charge is -2.19. The first-order chi connectivity index (χ1) is 9.58. The Kier molecular flexibility index (Phi) is 4.24. The summed E-state index contributed by atoms with van der Waals surface area (Å²) in [5.41, 5.74) is 5.87. The minimum Gasteiger partial charge on any atom is -0.385 e. The summed E-state index contributed by atoms with van der Waals surface area (Å²) in [5, 5.41) is 0. The summed E-state index contributed by atoms with van der Waals surface area (Å²) in [6.07, 6.45) is 0.752. The molecule has 106 valence electrons. The Morgan fingerprint density at radius 2 is 1.95 bits per heavy atom. The average Bonchev–Trinajstić information content (AvgIpc) is 2.42. The molecule has 0 unspecified atom stereocenters. The van der Waals surface area contributed by atoms with Gasteiger partial charge in [-0.2, -0.15) is 0 Å². The zero-order chi connectivity index (χ0) is 14.5. The molecule has 3 N–H and O–H groups in total. The van der Waals surface area contributed by atoms with Gasteiger partial charge in [0.25, 0.3) is 5.56 Å². The normalized spacial score (nSPS) is 10.4. The van der Waals surface area contributed by atoms with Gasteiger partial charge in [-0.25, -0.2) is 4.79 Å². The van der Waals surface area contributed by atoms with Crippen molar-refractivity contribution in [1.82, 2.24) is 9.55 Å². The van der Waals surface area contributed by atoms with Crippen LogP contribution in [-0.2, 0) is 6.54 Å². The maximum absolute atomic E-state index is 11.6. The van der Waals surface area contributed by atoms with Gasteiger partial charge < -0.3 is 10.6 Å². The highest BCUT2D eigenvalue weighted by atomic mass is 16.2. The van der Waals surface area contributed by atoms with Gasteiger partial charge in [-0.3, -0.25) is 14.3 Å². The lowest BCUT2D eigenvalue weighted by atomic mass is 10.3. The van der Waals surface area contributed by atoms with Gasteiger partial charge >= 0.3 is 5.69 Å². The molecule has 2 rings (SSSR count). The van der Waals surface area contributed by atoms with E-state index in [-0.39, 0.29) is 5.82 Å². The smallest absolute Gasteiger partial charge is 0.329 e. The molecule has 1 aromatic heterocycles. The maximum atomic E-state index is 11.6. The predicted molar refractivity (Wildman–Crippen MR) is 80.1 cm³/mol. The molecule has 1 aromatic carbocycles. The molecule has 6 nitrogen and oxygen atoms in total.